The van der Waals surface area contributed by atoms with Crippen LogP contribution in [0.5, 0.6) is 5.88 Å². The summed E-state index contributed by atoms with van der Waals surface area (Å²) in [6, 6.07) is 0.452. The Hall–Kier alpha value is -1.16. The second kappa shape index (κ2) is 8.10. The summed E-state index contributed by atoms with van der Waals surface area (Å²) in [6.45, 7) is 11.6. The van der Waals surface area contributed by atoms with Gasteiger partial charge >= 0.3 is 0 Å². The monoisotopic (exact) mass is 265 g/mol. The second-order valence-corrected chi connectivity index (χ2v) is 5.60. The standard InChI is InChI=1S/C15H27N3O/c1-6-17-13(7-11(2)3)8-14-9-16-10-15(18-14)19-12(4)5/h9-13,17H,6-8H2,1-5H3. The number of ether oxygens (including phenoxy) is 1. The first-order chi connectivity index (χ1) is 9.01. The molecule has 4 nitrogen and oxygen atoms in total. The summed E-state index contributed by atoms with van der Waals surface area (Å²) in [5.74, 6) is 1.29. The molecule has 0 radical (unpaired) electrons. The molecule has 0 aliphatic carbocycles. The molecule has 1 heterocycles. The van der Waals surface area contributed by atoms with E-state index in [0.717, 1.165) is 25.1 Å². The highest BCUT2D eigenvalue weighted by molar-refractivity contribution is 5.09. The minimum Gasteiger partial charge on any atom is -0.474 e. The van der Waals surface area contributed by atoms with Crippen LogP contribution in [0, 0.1) is 5.92 Å². The average molecular weight is 265 g/mol. The Morgan fingerprint density at radius 2 is 1.95 bits per heavy atom. The Morgan fingerprint density at radius 1 is 1.21 bits per heavy atom. The molecule has 0 aliphatic rings. The minimum absolute atomic E-state index is 0.129. The van der Waals surface area contributed by atoms with Crippen LogP contribution in [0.2, 0.25) is 0 Å². The van der Waals surface area contributed by atoms with Gasteiger partial charge in [0.05, 0.1) is 18.0 Å². The van der Waals surface area contributed by atoms with Crippen LogP contribution in [-0.4, -0.2) is 28.7 Å². The van der Waals surface area contributed by atoms with Crippen molar-refractivity contribution >= 4 is 0 Å². The van der Waals surface area contributed by atoms with Crippen LogP contribution in [0.15, 0.2) is 12.4 Å². The van der Waals surface area contributed by atoms with Crippen molar-refractivity contribution in [2.45, 2.75) is 59.6 Å². The largest absolute Gasteiger partial charge is 0.474 e. The highest BCUT2D eigenvalue weighted by Crippen LogP contribution is 2.12. The molecular formula is C15H27N3O. The summed E-state index contributed by atoms with van der Waals surface area (Å²) in [4.78, 5) is 8.73. The van der Waals surface area contributed by atoms with Gasteiger partial charge in [-0.05, 0) is 32.7 Å². The maximum Gasteiger partial charge on any atom is 0.232 e. The van der Waals surface area contributed by atoms with Crippen molar-refractivity contribution in [2.24, 2.45) is 5.92 Å². The summed E-state index contributed by atoms with van der Waals surface area (Å²) < 4.78 is 5.58. The van der Waals surface area contributed by atoms with E-state index in [0.29, 0.717) is 17.8 Å². The summed E-state index contributed by atoms with van der Waals surface area (Å²) >= 11 is 0. The molecule has 0 bridgehead atoms. The van der Waals surface area contributed by atoms with E-state index in [1.807, 2.05) is 20.0 Å². The van der Waals surface area contributed by atoms with E-state index in [9.17, 15) is 0 Å². The highest BCUT2D eigenvalue weighted by Gasteiger charge is 2.12. The van der Waals surface area contributed by atoms with Gasteiger partial charge in [-0.25, -0.2) is 4.98 Å². The number of nitrogens with zero attached hydrogens (tertiary/aromatic N) is 2. The van der Waals surface area contributed by atoms with E-state index in [1.54, 1.807) is 6.20 Å². The van der Waals surface area contributed by atoms with Crippen molar-refractivity contribution in [3.05, 3.63) is 18.1 Å². The van der Waals surface area contributed by atoms with Crippen molar-refractivity contribution in [3.63, 3.8) is 0 Å². The van der Waals surface area contributed by atoms with Crippen molar-refractivity contribution < 1.29 is 4.74 Å². The lowest BCUT2D eigenvalue weighted by Crippen LogP contribution is -2.32. The molecule has 0 saturated carbocycles. The van der Waals surface area contributed by atoms with Gasteiger partial charge in [0.15, 0.2) is 0 Å². The van der Waals surface area contributed by atoms with Crippen LogP contribution in [0.4, 0.5) is 0 Å². The van der Waals surface area contributed by atoms with Crippen LogP contribution in [-0.2, 0) is 6.42 Å². The number of hydrogen-bond acceptors (Lipinski definition) is 4. The van der Waals surface area contributed by atoms with Gasteiger partial charge in [-0.2, -0.15) is 0 Å². The van der Waals surface area contributed by atoms with Crippen LogP contribution in [0.3, 0.4) is 0 Å². The van der Waals surface area contributed by atoms with Gasteiger partial charge in [-0.1, -0.05) is 20.8 Å². The van der Waals surface area contributed by atoms with E-state index in [-0.39, 0.29) is 6.10 Å². The SMILES string of the molecule is CCNC(Cc1cncc(OC(C)C)n1)CC(C)C. The molecule has 19 heavy (non-hydrogen) atoms. The van der Waals surface area contributed by atoms with E-state index in [4.69, 9.17) is 4.74 Å². The predicted molar refractivity (Wildman–Crippen MR) is 78.4 cm³/mol. The van der Waals surface area contributed by atoms with E-state index >= 15 is 0 Å². The zero-order chi connectivity index (χ0) is 14.3. The zero-order valence-electron chi connectivity index (χ0n) is 12.8. The lowest BCUT2D eigenvalue weighted by molar-refractivity contribution is 0.230. The Labute approximate surface area is 117 Å². The maximum atomic E-state index is 5.58. The van der Waals surface area contributed by atoms with Gasteiger partial charge in [0.1, 0.15) is 0 Å². The maximum absolute atomic E-state index is 5.58. The molecule has 0 amide bonds. The van der Waals surface area contributed by atoms with Gasteiger partial charge in [0.2, 0.25) is 5.88 Å². The Morgan fingerprint density at radius 3 is 2.53 bits per heavy atom. The lowest BCUT2D eigenvalue weighted by atomic mass is 10.00. The molecule has 1 aromatic heterocycles. The fraction of sp³-hybridized carbons (Fsp3) is 0.733. The van der Waals surface area contributed by atoms with Crippen molar-refractivity contribution in [2.75, 3.05) is 6.54 Å². The van der Waals surface area contributed by atoms with Gasteiger partial charge in [-0.15, -0.1) is 0 Å². The molecule has 1 aromatic rings. The van der Waals surface area contributed by atoms with Crippen molar-refractivity contribution in [1.29, 1.82) is 0 Å². The number of likely N-dealkylation sites (N-methyl/N-ethyl adjacent to an activating group) is 1. The summed E-state index contributed by atoms with van der Waals surface area (Å²) in [5.41, 5.74) is 0.991. The third-order valence-corrected chi connectivity index (χ3v) is 2.72. The Balaban J connectivity index is 2.67. The molecule has 1 unspecified atom stereocenters. The second-order valence-electron chi connectivity index (χ2n) is 5.60. The van der Waals surface area contributed by atoms with E-state index in [2.05, 4.69) is 36.1 Å². The molecule has 108 valence electrons. The first-order valence-corrected chi connectivity index (χ1v) is 7.22. The first-order valence-electron chi connectivity index (χ1n) is 7.22. The molecule has 0 fully saturated rings. The van der Waals surface area contributed by atoms with Gasteiger partial charge in [-0.3, -0.25) is 4.98 Å². The number of aromatic nitrogens is 2. The lowest BCUT2D eigenvalue weighted by Gasteiger charge is -2.19. The Bertz CT molecular complexity index is 366. The summed E-state index contributed by atoms with van der Waals surface area (Å²) in [5, 5.41) is 3.51. The Kier molecular flexibility index (Phi) is 6.78. The van der Waals surface area contributed by atoms with Gasteiger partial charge in [0.25, 0.3) is 0 Å². The van der Waals surface area contributed by atoms with Crippen LogP contribution in [0.1, 0.15) is 46.7 Å². The average Bonchev–Trinajstić information content (AvgIpc) is 2.27. The smallest absolute Gasteiger partial charge is 0.232 e. The van der Waals surface area contributed by atoms with Crippen molar-refractivity contribution in [3.8, 4) is 5.88 Å². The van der Waals surface area contributed by atoms with Crippen LogP contribution >= 0.6 is 0 Å². The van der Waals surface area contributed by atoms with Crippen molar-refractivity contribution in [1.82, 2.24) is 15.3 Å². The fourth-order valence-electron chi connectivity index (χ4n) is 2.13. The molecule has 0 aliphatic heterocycles. The molecular weight excluding hydrogens is 238 g/mol. The molecule has 4 heteroatoms. The first kappa shape index (κ1) is 15.9. The zero-order valence-corrected chi connectivity index (χ0v) is 12.8. The van der Waals surface area contributed by atoms with E-state index in [1.165, 1.54) is 0 Å². The quantitative estimate of drug-likeness (QED) is 0.785. The predicted octanol–water partition coefficient (Wildman–Crippen LogP) is 2.83. The number of nitrogens with one attached hydrogen (secondary N) is 1. The summed E-state index contributed by atoms with van der Waals surface area (Å²) in [7, 11) is 0. The highest BCUT2D eigenvalue weighted by atomic mass is 16.5. The van der Waals surface area contributed by atoms with Gasteiger partial charge in [0, 0.05) is 18.7 Å². The molecule has 0 saturated heterocycles. The van der Waals surface area contributed by atoms with Crippen LogP contribution in [0.25, 0.3) is 0 Å². The topological polar surface area (TPSA) is 47.0 Å². The summed E-state index contributed by atoms with van der Waals surface area (Å²) in [6.07, 6.45) is 5.68. The number of hydrogen-bond donors (Lipinski definition) is 1. The third kappa shape index (κ3) is 6.53. The molecule has 0 aromatic carbocycles. The molecule has 0 spiro atoms. The van der Waals surface area contributed by atoms with E-state index < -0.39 is 0 Å². The van der Waals surface area contributed by atoms with Gasteiger partial charge < -0.3 is 10.1 Å². The molecule has 1 N–H and O–H groups in total. The minimum atomic E-state index is 0.129. The molecule has 1 atom stereocenters. The third-order valence-electron chi connectivity index (χ3n) is 2.72. The normalized spacial score (nSPS) is 13.0. The van der Waals surface area contributed by atoms with Crippen LogP contribution < -0.4 is 10.1 Å². The molecule has 1 rings (SSSR count). The fourth-order valence-corrected chi connectivity index (χ4v) is 2.13. The number of rotatable bonds is 8.